The average Bonchev–Trinajstić information content (AvgIpc) is 3.24. The zero-order chi connectivity index (χ0) is 24.7. The molecule has 2 aromatic carbocycles. The molecule has 0 amide bonds. The molecule has 2 bridgehead atoms. The summed E-state index contributed by atoms with van der Waals surface area (Å²) in [5.74, 6) is 1.38. The van der Waals surface area contributed by atoms with Crippen molar-refractivity contribution in [1.29, 1.82) is 0 Å². The molecule has 6 nitrogen and oxygen atoms in total. The molecule has 192 valence electrons. The first-order chi connectivity index (χ1) is 17.6. The summed E-state index contributed by atoms with van der Waals surface area (Å²) in [5.41, 5.74) is 3.51. The first-order valence-electron chi connectivity index (χ1n) is 13.2. The van der Waals surface area contributed by atoms with Crippen LogP contribution in [0.4, 0.5) is 0 Å². The highest BCUT2D eigenvalue weighted by molar-refractivity contribution is 7.75. The van der Waals surface area contributed by atoms with Gasteiger partial charge < -0.3 is 18.9 Å². The van der Waals surface area contributed by atoms with Gasteiger partial charge in [0.15, 0.2) is 11.5 Å². The number of hydrogen-bond acceptors (Lipinski definition) is 6. The van der Waals surface area contributed by atoms with Crippen LogP contribution < -0.4 is 8.92 Å². The Morgan fingerprint density at radius 3 is 2.81 bits per heavy atom. The van der Waals surface area contributed by atoms with E-state index in [1.807, 2.05) is 18.2 Å². The molecule has 2 aliphatic carbocycles. The Hall–Kier alpha value is -2.19. The largest absolute Gasteiger partial charge is 0.482 e. The van der Waals surface area contributed by atoms with E-state index in [2.05, 4.69) is 48.4 Å². The molecule has 6 atom stereocenters. The number of rotatable bonds is 10. The van der Waals surface area contributed by atoms with Crippen molar-refractivity contribution in [2.45, 2.75) is 68.6 Å². The molecule has 7 heteroatoms. The molecule has 0 radical (unpaired) electrons. The highest BCUT2D eigenvalue weighted by Crippen LogP contribution is 2.62. The Kier molecular flexibility index (Phi) is 6.67. The Bertz CT molecular complexity index is 1150. The molecule has 1 fully saturated rings. The number of hydrogen-bond donors (Lipinski definition) is 1. The maximum atomic E-state index is 12.6. The van der Waals surface area contributed by atoms with Crippen LogP contribution in [-0.2, 0) is 33.8 Å². The fraction of sp³-hybridized carbons (Fsp3) is 0.517. The molecule has 2 heterocycles. The van der Waals surface area contributed by atoms with Gasteiger partial charge in [0.2, 0.25) is 0 Å². The molecule has 0 aromatic heterocycles. The normalized spacial score (nSPS) is 30.5. The van der Waals surface area contributed by atoms with Gasteiger partial charge in [-0.25, -0.2) is 0 Å². The molecule has 1 N–H and O–H groups in total. The molecule has 2 aromatic rings. The first-order valence-corrected chi connectivity index (χ1v) is 14.2. The number of likely N-dealkylation sites (tertiary alicyclic amines) is 1. The molecular weight excluding hydrogens is 474 g/mol. The summed E-state index contributed by atoms with van der Waals surface area (Å²) in [6.45, 7) is 1.36. The minimum atomic E-state index is -1.90. The third-order valence-electron chi connectivity index (χ3n) is 8.67. The van der Waals surface area contributed by atoms with E-state index in [4.69, 9.17) is 13.1 Å². The summed E-state index contributed by atoms with van der Waals surface area (Å²) in [5, 5.41) is 10.8. The van der Waals surface area contributed by atoms with Crippen molar-refractivity contribution in [3.8, 4) is 11.5 Å². The number of aliphatic hydroxyl groups is 1. The number of benzene rings is 2. The molecule has 1 saturated heterocycles. The second kappa shape index (κ2) is 9.93. The lowest BCUT2D eigenvalue weighted by Crippen LogP contribution is -2.64. The van der Waals surface area contributed by atoms with E-state index in [1.165, 1.54) is 11.1 Å². The summed E-state index contributed by atoms with van der Waals surface area (Å²) in [4.78, 5) is 2.44. The van der Waals surface area contributed by atoms with Crippen molar-refractivity contribution in [3.05, 3.63) is 71.3 Å². The molecule has 6 unspecified atom stereocenters. The standard InChI is InChI=1S/C29H35NO5S/c1-30-17-16-29-22-13-14-24(31)28(29)34-27-25(15-12-21(26(27)29)19-23(22)30)35-36(32)33-18-8-3-2-5-9-20-10-6-4-7-11-20/h4,6-7,10-15,22-24,28,31H,2-3,5,8-9,16-19H2,1H3. The third kappa shape index (κ3) is 4.10. The minimum absolute atomic E-state index is 0.254. The Morgan fingerprint density at radius 1 is 1.11 bits per heavy atom. The van der Waals surface area contributed by atoms with Gasteiger partial charge in [-0.15, -0.1) is 0 Å². The van der Waals surface area contributed by atoms with Crippen molar-refractivity contribution >= 4 is 11.4 Å². The summed E-state index contributed by atoms with van der Waals surface area (Å²) in [6, 6.07) is 14.8. The lowest BCUT2D eigenvalue weighted by molar-refractivity contribution is -0.0452. The number of nitrogens with zero attached hydrogens (tertiary/aromatic N) is 1. The van der Waals surface area contributed by atoms with Crippen LogP contribution >= 0.6 is 0 Å². The van der Waals surface area contributed by atoms with Gasteiger partial charge in [0, 0.05) is 22.9 Å². The van der Waals surface area contributed by atoms with Gasteiger partial charge >= 0.3 is 11.4 Å². The lowest BCUT2D eigenvalue weighted by atomic mass is 9.53. The summed E-state index contributed by atoms with van der Waals surface area (Å²) < 4.78 is 30.3. The third-order valence-corrected chi connectivity index (χ3v) is 9.35. The monoisotopic (exact) mass is 509 g/mol. The quantitative estimate of drug-likeness (QED) is 0.381. The van der Waals surface area contributed by atoms with Crippen LogP contribution in [0, 0.1) is 5.92 Å². The van der Waals surface area contributed by atoms with Gasteiger partial charge in [-0.2, -0.15) is 4.21 Å². The number of aryl methyl sites for hydroxylation is 1. The van der Waals surface area contributed by atoms with Crippen molar-refractivity contribution in [2.24, 2.45) is 5.92 Å². The van der Waals surface area contributed by atoms with Crippen LogP contribution in [0.1, 0.15) is 48.8 Å². The maximum Gasteiger partial charge on any atom is 0.360 e. The molecule has 1 spiro atoms. The van der Waals surface area contributed by atoms with Crippen molar-refractivity contribution in [3.63, 3.8) is 0 Å². The molecular formula is C29H35NO5S. The minimum Gasteiger partial charge on any atom is -0.482 e. The van der Waals surface area contributed by atoms with Crippen molar-refractivity contribution < 1.29 is 22.4 Å². The van der Waals surface area contributed by atoms with Gasteiger partial charge in [-0.05, 0) is 62.9 Å². The Morgan fingerprint density at radius 2 is 1.94 bits per heavy atom. The van der Waals surface area contributed by atoms with Crippen LogP contribution in [-0.4, -0.2) is 52.7 Å². The first kappa shape index (κ1) is 24.2. The molecule has 6 rings (SSSR count). The van der Waals surface area contributed by atoms with E-state index >= 15 is 0 Å². The second-order valence-electron chi connectivity index (χ2n) is 10.7. The van der Waals surface area contributed by atoms with Gasteiger partial charge in [0.05, 0.1) is 6.61 Å². The number of piperidine rings is 1. The van der Waals surface area contributed by atoms with Crippen molar-refractivity contribution in [2.75, 3.05) is 20.2 Å². The number of ether oxygens (including phenoxy) is 1. The predicted molar refractivity (Wildman–Crippen MR) is 139 cm³/mol. The Balaban J connectivity index is 1.07. The fourth-order valence-electron chi connectivity index (χ4n) is 6.95. The van der Waals surface area contributed by atoms with Gasteiger partial charge in [0.1, 0.15) is 12.2 Å². The topological polar surface area (TPSA) is 68.2 Å². The van der Waals surface area contributed by atoms with Crippen LogP contribution in [0.2, 0.25) is 0 Å². The SMILES string of the molecule is CN1CCC23c4c5ccc(OS(=O)OCCCCCCc6ccccc6)c4OC2C(O)C=CC3C1C5. The van der Waals surface area contributed by atoms with Gasteiger partial charge in [-0.3, -0.25) is 4.18 Å². The molecule has 2 aliphatic heterocycles. The van der Waals surface area contributed by atoms with Crippen LogP contribution in [0.5, 0.6) is 11.5 Å². The zero-order valence-electron chi connectivity index (χ0n) is 20.8. The smallest absolute Gasteiger partial charge is 0.360 e. The number of likely N-dealkylation sites (N-methyl/N-ethyl adjacent to an activating group) is 1. The fourth-order valence-corrected chi connectivity index (χ4v) is 7.53. The number of aliphatic hydroxyl groups excluding tert-OH is 1. The average molecular weight is 510 g/mol. The highest BCUT2D eigenvalue weighted by Gasteiger charge is 2.64. The summed E-state index contributed by atoms with van der Waals surface area (Å²) >= 11 is -1.90. The number of unbranched alkanes of at least 4 members (excludes halogenated alkanes) is 3. The van der Waals surface area contributed by atoms with E-state index in [9.17, 15) is 9.32 Å². The second-order valence-corrected chi connectivity index (χ2v) is 11.5. The zero-order valence-corrected chi connectivity index (χ0v) is 21.6. The molecule has 4 aliphatic rings. The summed E-state index contributed by atoms with van der Waals surface area (Å²) in [6.07, 6.45) is 10.1. The van der Waals surface area contributed by atoms with E-state index in [-0.39, 0.29) is 17.4 Å². The van der Waals surface area contributed by atoms with Gasteiger partial charge in [-0.1, -0.05) is 61.4 Å². The molecule has 36 heavy (non-hydrogen) atoms. The molecule has 0 saturated carbocycles. The van der Waals surface area contributed by atoms with Crippen LogP contribution in [0.25, 0.3) is 0 Å². The van der Waals surface area contributed by atoms with Crippen LogP contribution in [0.15, 0.2) is 54.6 Å². The van der Waals surface area contributed by atoms with E-state index in [0.29, 0.717) is 24.1 Å². The predicted octanol–water partition coefficient (Wildman–Crippen LogP) is 4.27. The lowest BCUT2D eigenvalue weighted by Gasteiger charge is -2.56. The summed E-state index contributed by atoms with van der Waals surface area (Å²) in [7, 11) is 2.19. The Labute approximate surface area is 216 Å². The van der Waals surface area contributed by atoms with Gasteiger partial charge in [0.25, 0.3) is 0 Å². The van der Waals surface area contributed by atoms with Crippen molar-refractivity contribution in [1.82, 2.24) is 4.90 Å². The van der Waals surface area contributed by atoms with E-state index < -0.39 is 17.5 Å². The van der Waals surface area contributed by atoms with Crippen LogP contribution in [0.3, 0.4) is 0 Å². The van der Waals surface area contributed by atoms with E-state index in [0.717, 1.165) is 57.1 Å². The highest BCUT2D eigenvalue weighted by atomic mass is 32.2. The van der Waals surface area contributed by atoms with E-state index in [1.54, 1.807) is 0 Å². The maximum absolute atomic E-state index is 12.6.